The van der Waals surface area contributed by atoms with E-state index in [4.69, 9.17) is 11.6 Å². The molecule has 0 bridgehead atoms. The zero-order valence-corrected chi connectivity index (χ0v) is 14.7. The van der Waals surface area contributed by atoms with Gasteiger partial charge in [0, 0.05) is 23.8 Å². The molecule has 0 aliphatic heterocycles. The first-order chi connectivity index (χ1) is 9.40. The Morgan fingerprint density at radius 3 is 2.70 bits per heavy atom. The van der Waals surface area contributed by atoms with Crippen molar-refractivity contribution in [1.82, 2.24) is 14.6 Å². The van der Waals surface area contributed by atoms with Gasteiger partial charge in [0.15, 0.2) is 0 Å². The lowest BCUT2D eigenvalue weighted by atomic mass is 10.4. The van der Waals surface area contributed by atoms with Gasteiger partial charge in [-0.05, 0) is 41.5 Å². The minimum atomic E-state index is -3.63. The molecule has 0 saturated heterocycles. The zero-order valence-electron chi connectivity index (χ0n) is 11.6. The Balaban J connectivity index is 2.68. The van der Waals surface area contributed by atoms with Gasteiger partial charge >= 0.3 is 0 Å². The van der Waals surface area contributed by atoms with Crippen LogP contribution in [-0.4, -0.2) is 44.5 Å². The van der Waals surface area contributed by atoms with Gasteiger partial charge in [0.2, 0.25) is 10.0 Å². The van der Waals surface area contributed by atoms with Crippen molar-refractivity contribution in [3.8, 4) is 0 Å². The van der Waals surface area contributed by atoms with E-state index in [0.29, 0.717) is 17.6 Å². The van der Waals surface area contributed by atoms with Crippen molar-refractivity contribution < 1.29 is 8.42 Å². The summed E-state index contributed by atoms with van der Waals surface area (Å²) >= 11 is 9.03. The van der Waals surface area contributed by atoms with Crippen LogP contribution >= 0.6 is 27.5 Å². The third-order valence-electron chi connectivity index (χ3n) is 2.77. The average Bonchev–Trinajstić information content (AvgIpc) is 2.40. The number of likely N-dealkylation sites (N-methyl/N-ethyl adjacent to an activating group) is 1. The molecular weight excluding hydrogens is 366 g/mol. The maximum absolute atomic E-state index is 12.2. The summed E-state index contributed by atoms with van der Waals surface area (Å²) in [6.45, 7) is 7.02. The van der Waals surface area contributed by atoms with Crippen LogP contribution in [0.2, 0.25) is 5.15 Å². The Bertz CT molecular complexity index is 540. The van der Waals surface area contributed by atoms with Gasteiger partial charge in [-0.3, -0.25) is 0 Å². The van der Waals surface area contributed by atoms with Crippen LogP contribution in [-0.2, 0) is 10.0 Å². The van der Waals surface area contributed by atoms with Gasteiger partial charge < -0.3 is 4.90 Å². The number of hydrogen-bond acceptors (Lipinski definition) is 4. The molecule has 1 heterocycles. The van der Waals surface area contributed by atoms with E-state index in [1.54, 1.807) is 0 Å². The van der Waals surface area contributed by atoms with E-state index in [0.717, 1.165) is 19.5 Å². The zero-order chi connectivity index (χ0) is 15.2. The summed E-state index contributed by atoms with van der Waals surface area (Å²) in [6.07, 6.45) is 2.50. The second kappa shape index (κ2) is 8.29. The van der Waals surface area contributed by atoms with Crippen LogP contribution in [0.25, 0.3) is 0 Å². The highest BCUT2D eigenvalue weighted by atomic mass is 79.9. The number of sulfonamides is 1. The summed E-state index contributed by atoms with van der Waals surface area (Å²) in [5, 5.41) is -0.0263. The molecule has 20 heavy (non-hydrogen) atoms. The van der Waals surface area contributed by atoms with Crippen molar-refractivity contribution in [2.24, 2.45) is 0 Å². The Labute approximate surface area is 133 Å². The standard InChI is InChI=1S/C12H19BrClN3O2S/c1-3-6-17(4-2)7-5-16-20(18,19)11-8-10(13)9-15-12(11)14/h8-9,16H,3-7H2,1-2H3. The summed E-state index contributed by atoms with van der Waals surface area (Å²) in [5.74, 6) is 0. The number of nitrogens with zero attached hydrogens (tertiary/aromatic N) is 2. The third kappa shape index (κ3) is 5.29. The molecule has 114 valence electrons. The van der Waals surface area contributed by atoms with Crippen molar-refractivity contribution in [3.05, 3.63) is 21.9 Å². The number of rotatable bonds is 8. The second-order valence-corrected chi connectivity index (χ2v) is 7.28. The second-order valence-electron chi connectivity index (χ2n) is 4.27. The lowest BCUT2D eigenvalue weighted by Crippen LogP contribution is -2.35. The summed E-state index contributed by atoms with van der Waals surface area (Å²) < 4.78 is 27.4. The molecule has 0 radical (unpaired) electrons. The van der Waals surface area contributed by atoms with Crippen LogP contribution in [0.4, 0.5) is 0 Å². The predicted molar refractivity (Wildman–Crippen MR) is 84.5 cm³/mol. The minimum absolute atomic E-state index is 0.00733. The van der Waals surface area contributed by atoms with Crippen molar-refractivity contribution in [1.29, 1.82) is 0 Å². The molecule has 1 rings (SSSR count). The van der Waals surface area contributed by atoms with Gasteiger partial charge in [-0.1, -0.05) is 25.4 Å². The van der Waals surface area contributed by atoms with Gasteiger partial charge in [0.1, 0.15) is 10.0 Å². The quantitative estimate of drug-likeness (QED) is 0.700. The van der Waals surface area contributed by atoms with Gasteiger partial charge in [0.25, 0.3) is 0 Å². The number of aromatic nitrogens is 1. The topological polar surface area (TPSA) is 62.3 Å². The Morgan fingerprint density at radius 2 is 2.10 bits per heavy atom. The highest BCUT2D eigenvalue weighted by Gasteiger charge is 2.19. The molecule has 0 aliphatic carbocycles. The van der Waals surface area contributed by atoms with E-state index in [1.807, 2.05) is 0 Å². The maximum atomic E-state index is 12.2. The lowest BCUT2D eigenvalue weighted by molar-refractivity contribution is 0.293. The fraction of sp³-hybridized carbons (Fsp3) is 0.583. The Kier molecular flexibility index (Phi) is 7.39. The molecule has 8 heteroatoms. The highest BCUT2D eigenvalue weighted by Crippen LogP contribution is 2.22. The van der Waals surface area contributed by atoms with E-state index in [1.165, 1.54) is 12.3 Å². The number of hydrogen-bond donors (Lipinski definition) is 1. The lowest BCUT2D eigenvalue weighted by Gasteiger charge is -2.19. The molecule has 1 aromatic rings. The van der Waals surface area contributed by atoms with Crippen molar-refractivity contribution in [2.75, 3.05) is 26.2 Å². The highest BCUT2D eigenvalue weighted by molar-refractivity contribution is 9.10. The Morgan fingerprint density at radius 1 is 1.40 bits per heavy atom. The van der Waals surface area contributed by atoms with E-state index in [-0.39, 0.29) is 10.0 Å². The predicted octanol–water partition coefficient (Wildman–Crippen LogP) is 2.51. The van der Waals surface area contributed by atoms with Crippen LogP contribution < -0.4 is 4.72 Å². The number of pyridine rings is 1. The first-order valence-electron chi connectivity index (χ1n) is 6.43. The van der Waals surface area contributed by atoms with Crippen molar-refractivity contribution in [3.63, 3.8) is 0 Å². The van der Waals surface area contributed by atoms with Crippen molar-refractivity contribution in [2.45, 2.75) is 25.2 Å². The number of nitrogens with one attached hydrogen (secondary N) is 1. The molecule has 1 aromatic heterocycles. The smallest absolute Gasteiger partial charge is 0.243 e. The average molecular weight is 385 g/mol. The molecule has 0 amide bonds. The summed E-state index contributed by atoms with van der Waals surface area (Å²) in [6, 6.07) is 1.45. The molecule has 0 saturated carbocycles. The SMILES string of the molecule is CCCN(CC)CCNS(=O)(=O)c1cc(Br)cnc1Cl. The fourth-order valence-corrected chi connectivity index (χ4v) is 3.72. The monoisotopic (exact) mass is 383 g/mol. The van der Waals surface area contributed by atoms with E-state index in [2.05, 4.69) is 44.4 Å². The molecule has 5 nitrogen and oxygen atoms in total. The molecule has 0 aliphatic rings. The van der Waals surface area contributed by atoms with Crippen LogP contribution in [0.1, 0.15) is 20.3 Å². The minimum Gasteiger partial charge on any atom is -0.302 e. The van der Waals surface area contributed by atoms with Crippen LogP contribution in [0.15, 0.2) is 21.6 Å². The van der Waals surface area contributed by atoms with E-state index >= 15 is 0 Å². The first kappa shape index (κ1) is 17.8. The van der Waals surface area contributed by atoms with Gasteiger partial charge in [-0.2, -0.15) is 0 Å². The normalized spacial score (nSPS) is 12.1. The third-order valence-corrected chi connectivity index (χ3v) is 5.09. The van der Waals surface area contributed by atoms with E-state index in [9.17, 15) is 8.42 Å². The molecule has 0 spiro atoms. The Hall–Kier alpha value is -0.210. The van der Waals surface area contributed by atoms with Crippen LogP contribution in [0.5, 0.6) is 0 Å². The van der Waals surface area contributed by atoms with Gasteiger partial charge in [0.05, 0.1) is 0 Å². The summed E-state index contributed by atoms with van der Waals surface area (Å²) in [5.41, 5.74) is 0. The van der Waals surface area contributed by atoms with Crippen LogP contribution in [0.3, 0.4) is 0 Å². The molecule has 0 atom stereocenters. The first-order valence-corrected chi connectivity index (χ1v) is 9.09. The summed E-state index contributed by atoms with van der Waals surface area (Å²) in [4.78, 5) is 6.00. The van der Waals surface area contributed by atoms with Crippen LogP contribution in [0, 0.1) is 0 Å². The largest absolute Gasteiger partial charge is 0.302 e. The van der Waals surface area contributed by atoms with Gasteiger partial charge in [-0.25, -0.2) is 18.1 Å². The number of halogens is 2. The molecule has 0 aromatic carbocycles. The molecule has 0 unspecified atom stereocenters. The fourth-order valence-electron chi connectivity index (χ4n) is 1.75. The van der Waals surface area contributed by atoms with Crippen molar-refractivity contribution >= 4 is 37.6 Å². The maximum Gasteiger partial charge on any atom is 0.243 e. The van der Waals surface area contributed by atoms with E-state index < -0.39 is 10.0 Å². The molecule has 0 fully saturated rings. The molecular formula is C12H19BrClN3O2S. The summed E-state index contributed by atoms with van der Waals surface area (Å²) in [7, 11) is -3.63. The van der Waals surface area contributed by atoms with Gasteiger partial charge in [-0.15, -0.1) is 0 Å². The molecule has 1 N–H and O–H groups in total.